The van der Waals surface area contributed by atoms with Gasteiger partial charge in [0, 0.05) is 18.8 Å². The molecule has 1 N–H and O–H groups in total. The third-order valence-electron chi connectivity index (χ3n) is 3.93. The standard InChI is InChI=1S/C15H19N3O2/c1-3-4-15(14(19)20)5-6-18(10-15)13-8-12(9-16)7-11(2)17-13/h7-8H,3-6,10H2,1-2H3,(H,19,20). The van der Waals surface area contributed by atoms with Crippen LogP contribution < -0.4 is 4.90 Å². The van der Waals surface area contributed by atoms with E-state index in [1.807, 2.05) is 18.7 Å². The number of nitriles is 1. The third-order valence-corrected chi connectivity index (χ3v) is 3.93. The fourth-order valence-electron chi connectivity index (χ4n) is 2.91. The summed E-state index contributed by atoms with van der Waals surface area (Å²) in [5.41, 5.74) is 0.672. The van der Waals surface area contributed by atoms with Crippen LogP contribution >= 0.6 is 0 Å². The molecule has 1 aliphatic heterocycles. The minimum absolute atomic E-state index is 0.470. The molecule has 1 aromatic rings. The van der Waals surface area contributed by atoms with Crippen LogP contribution in [0.25, 0.3) is 0 Å². The summed E-state index contributed by atoms with van der Waals surface area (Å²) in [5, 5.41) is 18.5. The van der Waals surface area contributed by atoms with Gasteiger partial charge in [-0.3, -0.25) is 4.79 Å². The lowest BCUT2D eigenvalue weighted by Crippen LogP contribution is -2.34. The van der Waals surface area contributed by atoms with Crippen molar-refractivity contribution in [1.82, 2.24) is 4.98 Å². The van der Waals surface area contributed by atoms with Crippen molar-refractivity contribution < 1.29 is 9.90 Å². The van der Waals surface area contributed by atoms with Gasteiger partial charge in [-0.1, -0.05) is 13.3 Å². The van der Waals surface area contributed by atoms with Gasteiger partial charge in [-0.15, -0.1) is 0 Å². The molecule has 1 aliphatic rings. The highest BCUT2D eigenvalue weighted by molar-refractivity contribution is 5.76. The molecule has 0 spiro atoms. The number of hydrogen-bond acceptors (Lipinski definition) is 4. The van der Waals surface area contributed by atoms with Gasteiger partial charge in [0.05, 0.1) is 17.0 Å². The van der Waals surface area contributed by atoms with Crippen molar-refractivity contribution in [3.8, 4) is 6.07 Å². The Balaban J connectivity index is 2.27. The lowest BCUT2D eigenvalue weighted by molar-refractivity contribution is -0.148. The van der Waals surface area contributed by atoms with Crippen molar-refractivity contribution in [2.24, 2.45) is 5.41 Å². The Labute approximate surface area is 118 Å². The molecule has 1 saturated heterocycles. The molecular formula is C15H19N3O2. The molecule has 1 fully saturated rings. The van der Waals surface area contributed by atoms with E-state index in [1.165, 1.54) is 0 Å². The van der Waals surface area contributed by atoms with Crippen LogP contribution in [0.3, 0.4) is 0 Å². The number of nitrogens with zero attached hydrogens (tertiary/aromatic N) is 3. The smallest absolute Gasteiger partial charge is 0.311 e. The van der Waals surface area contributed by atoms with Crippen LogP contribution in [-0.2, 0) is 4.79 Å². The van der Waals surface area contributed by atoms with E-state index in [-0.39, 0.29) is 0 Å². The average Bonchev–Trinajstić information content (AvgIpc) is 2.84. The van der Waals surface area contributed by atoms with Crippen LogP contribution in [0.2, 0.25) is 0 Å². The average molecular weight is 273 g/mol. The predicted molar refractivity (Wildman–Crippen MR) is 75.5 cm³/mol. The molecule has 106 valence electrons. The highest BCUT2D eigenvalue weighted by Gasteiger charge is 2.44. The minimum atomic E-state index is -0.727. The number of carboxylic acids is 1. The number of carbonyl (C=O) groups is 1. The summed E-state index contributed by atoms with van der Waals surface area (Å²) in [6, 6.07) is 5.58. The topological polar surface area (TPSA) is 77.2 Å². The molecule has 0 radical (unpaired) electrons. The van der Waals surface area contributed by atoms with Gasteiger partial charge < -0.3 is 10.0 Å². The lowest BCUT2D eigenvalue weighted by atomic mass is 9.83. The maximum atomic E-state index is 11.6. The second-order valence-electron chi connectivity index (χ2n) is 5.47. The first kappa shape index (κ1) is 14.3. The van der Waals surface area contributed by atoms with Gasteiger partial charge in [0.1, 0.15) is 5.82 Å². The van der Waals surface area contributed by atoms with Crippen LogP contribution in [0.4, 0.5) is 5.82 Å². The number of pyridine rings is 1. The summed E-state index contributed by atoms with van der Waals surface area (Å²) in [6.07, 6.45) is 2.16. The molecule has 0 saturated carbocycles. The number of aliphatic carboxylic acids is 1. The van der Waals surface area contributed by atoms with Crippen molar-refractivity contribution in [2.45, 2.75) is 33.1 Å². The molecule has 1 unspecified atom stereocenters. The summed E-state index contributed by atoms with van der Waals surface area (Å²) in [4.78, 5) is 18.0. The van der Waals surface area contributed by atoms with Gasteiger partial charge in [-0.05, 0) is 31.9 Å². The Morgan fingerprint density at radius 3 is 2.95 bits per heavy atom. The van der Waals surface area contributed by atoms with E-state index in [1.54, 1.807) is 12.1 Å². The van der Waals surface area contributed by atoms with E-state index in [0.29, 0.717) is 37.3 Å². The number of anilines is 1. The van der Waals surface area contributed by atoms with E-state index in [0.717, 1.165) is 12.1 Å². The summed E-state index contributed by atoms with van der Waals surface area (Å²) >= 11 is 0. The normalized spacial score (nSPS) is 21.8. The van der Waals surface area contributed by atoms with Gasteiger partial charge in [0.15, 0.2) is 0 Å². The molecule has 0 amide bonds. The second-order valence-corrected chi connectivity index (χ2v) is 5.47. The van der Waals surface area contributed by atoms with E-state index >= 15 is 0 Å². The van der Waals surface area contributed by atoms with Crippen molar-refractivity contribution in [2.75, 3.05) is 18.0 Å². The van der Waals surface area contributed by atoms with Gasteiger partial charge in [-0.25, -0.2) is 4.98 Å². The molecule has 20 heavy (non-hydrogen) atoms. The zero-order chi connectivity index (χ0) is 14.8. The summed E-state index contributed by atoms with van der Waals surface area (Å²) in [7, 11) is 0. The first-order chi connectivity index (χ1) is 9.50. The Morgan fingerprint density at radius 2 is 2.35 bits per heavy atom. The van der Waals surface area contributed by atoms with Crippen LogP contribution in [0.1, 0.15) is 37.4 Å². The fraction of sp³-hybridized carbons (Fsp3) is 0.533. The molecule has 1 aromatic heterocycles. The van der Waals surface area contributed by atoms with Gasteiger partial charge in [0.25, 0.3) is 0 Å². The molecule has 0 bridgehead atoms. The molecular weight excluding hydrogens is 254 g/mol. The second kappa shape index (κ2) is 5.49. The van der Waals surface area contributed by atoms with Crippen LogP contribution in [0, 0.1) is 23.7 Å². The number of aryl methyl sites for hydroxylation is 1. The van der Waals surface area contributed by atoms with Crippen molar-refractivity contribution in [3.05, 3.63) is 23.4 Å². The van der Waals surface area contributed by atoms with Crippen molar-refractivity contribution >= 4 is 11.8 Å². The Bertz CT molecular complexity index is 565. The van der Waals surface area contributed by atoms with Crippen molar-refractivity contribution in [1.29, 1.82) is 5.26 Å². The Kier molecular flexibility index (Phi) is 3.93. The molecule has 2 rings (SSSR count). The maximum absolute atomic E-state index is 11.6. The molecule has 5 nitrogen and oxygen atoms in total. The zero-order valence-electron chi connectivity index (χ0n) is 11.9. The van der Waals surface area contributed by atoms with Crippen LogP contribution in [0.15, 0.2) is 12.1 Å². The number of rotatable bonds is 4. The molecule has 0 aromatic carbocycles. The third kappa shape index (κ3) is 2.60. The SMILES string of the molecule is CCCC1(C(=O)O)CCN(c2cc(C#N)cc(C)n2)C1. The van der Waals surface area contributed by atoms with Gasteiger partial charge in [0.2, 0.25) is 0 Å². The van der Waals surface area contributed by atoms with Crippen molar-refractivity contribution in [3.63, 3.8) is 0 Å². The summed E-state index contributed by atoms with van der Waals surface area (Å²) in [5.74, 6) is -0.0178. The summed E-state index contributed by atoms with van der Waals surface area (Å²) in [6.45, 7) is 4.99. The molecule has 5 heteroatoms. The fourth-order valence-corrected chi connectivity index (χ4v) is 2.91. The van der Waals surface area contributed by atoms with Crippen LogP contribution in [-0.4, -0.2) is 29.1 Å². The van der Waals surface area contributed by atoms with E-state index in [9.17, 15) is 9.90 Å². The Morgan fingerprint density at radius 1 is 1.60 bits per heavy atom. The van der Waals surface area contributed by atoms with E-state index < -0.39 is 11.4 Å². The first-order valence-corrected chi connectivity index (χ1v) is 6.88. The van der Waals surface area contributed by atoms with Gasteiger partial charge >= 0.3 is 5.97 Å². The maximum Gasteiger partial charge on any atom is 0.311 e. The first-order valence-electron chi connectivity index (χ1n) is 6.88. The zero-order valence-corrected chi connectivity index (χ0v) is 11.9. The number of hydrogen-bond donors (Lipinski definition) is 1. The number of carboxylic acid groups (broad SMARTS) is 1. The molecule has 0 aliphatic carbocycles. The van der Waals surface area contributed by atoms with E-state index in [2.05, 4.69) is 11.1 Å². The highest BCUT2D eigenvalue weighted by Crippen LogP contribution is 2.37. The quantitative estimate of drug-likeness (QED) is 0.911. The largest absolute Gasteiger partial charge is 0.481 e. The minimum Gasteiger partial charge on any atom is -0.481 e. The summed E-state index contributed by atoms with van der Waals surface area (Å²) < 4.78 is 0. The van der Waals surface area contributed by atoms with Crippen LogP contribution in [0.5, 0.6) is 0 Å². The molecule has 1 atom stereocenters. The predicted octanol–water partition coefficient (Wildman–Crippen LogP) is 2.34. The van der Waals surface area contributed by atoms with E-state index in [4.69, 9.17) is 5.26 Å². The number of aromatic nitrogens is 1. The lowest BCUT2D eigenvalue weighted by Gasteiger charge is -2.24. The highest BCUT2D eigenvalue weighted by atomic mass is 16.4. The van der Waals surface area contributed by atoms with Gasteiger partial charge in [-0.2, -0.15) is 5.26 Å². The molecule has 2 heterocycles. The monoisotopic (exact) mass is 273 g/mol. The Hall–Kier alpha value is -2.09.